The van der Waals surface area contributed by atoms with E-state index in [1.807, 2.05) is 18.2 Å². The number of benzene rings is 1. The van der Waals surface area contributed by atoms with Crippen LogP contribution in [-0.4, -0.2) is 31.2 Å². The van der Waals surface area contributed by atoms with E-state index in [0.717, 1.165) is 16.7 Å². The molecule has 5 nitrogen and oxygen atoms in total. The second-order valence-electron chi connectivity index (χ2n) is 4.35. The van der Waals surface area contributed by atoms with Crippen LogP contribution in [-0.2, 0) is 16.0 Å². The van der Waals surface area contributed by atoms with Crippen molar-refractivity contribution < 1.29 is 14.2 Å². The molecule has 0 bridgehead atoms. The van der Waals surface area contributed by atoms with Gasteiger partial charge in [0.2, 0.25) is 0 Å². The zero-order valence-electron chi connectivity index (χ0n) is 10.7. The SMILES string of the molecule is COc1cccc2c1ccc(=O)n2CC1OCCO1. The Morgan fingerprint density at radius 2 is 2.05 bits per heavy atom. The van der Waals surface area contributed by atoms with E-state index in [-0.39, 0.29) is 11.8 Å². The highest BCUT2D eigenvalue weighted by Crippen LogP contribution is 2.24. The molecule has 3 rings (SSSR count). The fourth-order valence-electron chi connectivity index (χ4n) is 2.33. The van der Waals surface area contributed by atoms with Gasteiger partial charge in [-0.25, -0.2) is 0 Å². The highest BCUT2D eigenvalue weighted by molar-refractivity contribution is 5.85. The van der Waals surface area contributed by atoms with Crippen molar-refractivity contribution >= 4 is 10.9 Å². The van der Waals surface area contributed by atoms with Gasteiger partial charge in [-0.2, -0.15) is 0 Å². The number of nitrogens with zero attached hydrogens (tertiary/aromatic N) is 1. The van der Waals surface area contributed by atoms with Crippen molar-refractivity contribution in [2.75, 3.05) is 20.3 Å². The maximum atomic E-state index is 12.0. The molecule has 1 fully saturated rings. The van der Waals surface area contributed by atoms with Gasteiger partial charge in [0.15, 0.2) is 6.29 Å². The second kappa shape index (κ2) is 5.03. The molecule has 0 unspecified atom stereocenters. The van der Waals surface area contributed by atoms with Crippen molar-refractivity contribution in [1.29, 1.82) is 0 Å². The van der Waals surface area contributed by atoms with E-state index >= 15 is 0 Å². The van der Waals surface area contributed by atoms with E-state index in [2.05, 4.69) is 0 Å². The molecule has 0 saturated carbocycles. The lowest BCUT2D eigenvalue weighted by Gasteiger charge is -2.15. The Kier molecular flexibility index (Phi) is 3.23. The average Bonchev–Trinajstić information content (AvgIpc) is 2.94. The van der Waals surface area contributed by atoms with E-state index in [1.165, 1.54) is 0 Å². The third kappa shape index (κ3) is 2.22. The summed E-state index contributed by atoms with van der Waals surface area (Å²) in [6, 6.07) is 8.96. The summed E-state index contributed by atoms with van der Waals surface area (Å²) in [5.41, 5.74) is 0.755. The van der Waals surface area contributed by atoms with Gasteiger partial charge in [-0.15, -0.1) is 0 Å². The third-order valence-corrected chi connectivity index (χ3v) is 3.23. The topological polar surface area (TPSA) is 49.7 Å². The molecule has 0 N–H and O–H groups in total. The van der Waals surface area contributed by atoms with Gasteiger partial charge in [-0.3, -0.25) is 4.79 Å². The van der Waals surface area contributed by atoms with Crippen LogP contribution in [0.5, 0.6) is 5.75 Å². The first-order valence-electron chi connectivity index (χ1n) is 6.19. The number of methoxy groups -OCH3 is 1. The molecule has 5 heteroatoms. The zero-order chi connectivity index (χ0) is 13.2. The van der Waals surface area contributed by atoms with Gasteiger partial charge >= 0.3 is 0 Å². The van der Waals surface area contributed by atoms with Crippen molar-refractivity contribution in [1.82, 2.24) is 4.57 Å². The molecule has 0 radical (unpaired) electrons. The summed E-state index contributed by atoms with van der Waals surface area (Å²) in [5, 5.41) is 0.905. The Morgan fingerprint density at radius 1 is 1.26 bits per heavy atom. The van der Waals surface area contributed by atoms with E-state index in [1.54, 1.807) is 23.8 Å². The summed E-state index contributed by atoms with van der Waals surface area (Å²) in [4.78, 5) is 12.0. The fourth-order valence-corrected chi connectivity index (χ4v) is 2.33. The van der Waals surface area contributed by atoms with Gasteiger partial charge in [0.05, 0.1) is 32.4 Å². The van der Waals surface area contributed by atoms with Crippen LogP contribution in [0, 0.1) is 0 Å². The minimum Gasteiger partial charge on any atom is -0.496 e. The molecule has 0 aliphatic carbocycles. The number of rotatable bonds is 3. The molecule has 0 spiro atoms. The highest BCUT2D eigenvalue weighted by atomic mass is 16.7. The maximum absolute atomic E-state index is 12.0. The van der Waals surface area contributed by atoms with E-state index in [9.17, 15) is 4.79 Å². The highest BCUT2D eigenvalue weighted by Gasteiger charge is 2.18. The molecular weight excluding hydrogens is 246 g/mol. The van der Waals surface area contributed by atoms with Crippen LogP contribution in [0.1, 0.15) is 0 Å². The van der Waals surface area contributed by atoms with Gasteiger partial charge in [0.25, 0.3) is 5.56 Å². The fraction of sp³-hybridized carbons (Fsp3) is 0.357. The van der Waals surface area contributed by atoms with Gasteiger partial charge in [0.1, 0.15) is 5.75 Å². The number of fused-ring (bicyclic) bond motifs is 1. The van der Waals surface area contributed by atoms with Crippen LogP contribution in [0.3, 0.4) is 0 Å². The van der Waals surface area contributed by atoms with Crippen LogP contribution >= 0.6 is 0 Å². The molecule has 1 aliphatic heterocycles. The monoisotopic (exact) mass is 261 g/mol. The lowest BCUT2D eigenvalue weighted by atomic mass is 10.2. The van der Waals surface area contributed by atoms with E-state index in [4.69, 9.17) is 14.2 Å². The molecule has 1 saturated heterocycles. The first-order chi connectivity index (χ1) is 9.29. The number of pyridine rings is 1. The predicted molar refractivity (Wildman–Crippen MR) is 70.5 cm³/mol. The molecule has 19 heavy (non-hydrogen) atoms. The number of hydrogen-bond acceptors (Lipinski definition) is 4. The van der Waals surface area contributed by atoms with Crippen LogP contribution in [0.2, 0.25) is 0 Å². The van der Waals surface area contributed by atoms with Crippen LogP contribution in [0.25, 0.3) is 10.9 Å². The second-order valence-corrected chi connectivity index (χ2v) is 4.35. The normalized spacial score (nSPS) is 16.1. The van der Waals surface area contributed by atoms with Crippen LogP contribution in [0.4, 0.5) is 0 Å². The molecule has 100 valence electrons. The van der Waals surface area contributed by atoms with E-state index in [0.29, 0.717) is 19.8 Å². The number of aromatic nitrogens is 1. The molecular formula is C14H15NO4. The first-order valence-corrected chi connectivity index (χ1v) is 6.19. The standard InChI is InChI=1S/C14H15NO4/c1-17-12-4-2-3-11-10(12)5-6-13(16)15(11)9-14-18-7-8-19-14/h2-6,14H,7-9H2,1H3. The van der Waals surface area contributed by atoms with Crippen molar-refractivity contribution in [3.8, 4) is 5.75 Å². The smallest absolute Gasteiger partial charge is 0.251 e. The first kappa shape index (κ1) is 12.2. The Balaban J connectivity index is 2.11. The van der Waals surface area contributed by atoms with Crippen molar-refractivity contribution in [2.45, 2.75) is 12.8 Å². The summed E-state index contributed by atoms with van der Waals surface area (Å²) in [6.07, 6.45) is -0.352. The van der Waals surface area contributed by atoms with Gasteiger partial charge in [-0.05, 0) is 18.2 Å². The van der Waals surface area contributed by atoms with Crippen molar-refractivity contribution in [3.63, 3.8) is 0 Å². The van der Waals surface area contributed by atoms with Crippen molar-refractivity contribution in [2.24, 2.45) is 0 Å². The lowest BCUT2D eigenvalue weighted by Crippen LogP contribution is -2.26. The molecule has 2 heterocycles. The summed E-state index contributed by atoms with van der Waals surface area (Å²) in [6.45, 7) is 1.55. The van der Waals surface area contributed by atoms with E-state index < -0.39 is 0 Å². The minimum atomic E-state index is -0.352. The summed E-state index contributed by atoms with van der Waals surface area (Å²) in [7, 11) is 1.62. The Hall–Kier alpha value is -1.85. The lowest BCUT2D eigenvalue weighted by molar-refractivity contribution is -0.0522. The van der Waals surface area contributed by atoms with Gasteiger partial charge in [-0.1, -0.05) is 6.07 Å². The summed E-state index contributed by atoms with van der Waals surface area (Å²) < 4.78 is 17.8. The molecule has 1 aliphatic rings. The largest absolute Gasteiger partial charge is 0.496 e. The maximum Gasteiger partial charge on any atom is 0.251 e. The quantitative estimate of drug-likeness (QED) is 0.837. The van der Waals surface area contributed by atoms with Crippen LogP contribution < -0.4 is 10.3 Å². The predicted octanol–water partition coefficient (Wildman–Crippen LogP) is 1.38. The van der Waals surface area contributed by atoms with Crippen LogP contribution in [0.15, 0.2) is 35.1 Å². The number of ether oxygens (including phenoxy) is 3. The van der Waals surface area contributed by atoms with Gasteiger partial charge < -0.3 is 18.8 Å². The third-order valence-electron chi connectivity index (χ3n) is 3.23. The Bertz CT molecular complexity index is 643. The molecule has 0 amide bonds. The Labute approximate surface area is 110 Å². The van der Waals surface area contributed by atoms with Crippen molar-refractivity contribution in [3.05, 3.63) is 40.7 Å². The Morgan fingerprint density at radius 3 is 2.79 bits per heavy atom. The average molecular weight is 261 g/mol. The summed E-state index contributed by atoms with van der Waals surface area (Å²) in [5.74, 6) is 0.750. The number of hydrogen-bond donors (Lipinski definition) is 0. The minimum absolute atomic E-state index is 0.0696. The molecule has 2 aromatic rings. The molecule has 0 atom stereocenters. The van der Waals surface area contributed by atoms with Gasteiger partial charge in [0, 0.05) is 11.5 Å². The summed E-state index contributed by atoms with van der Waals surface area (Å²) >= 11 is 0. The molecule has 1 aromatic heterocycles. The zero-order valence-corrected chi connectivity index (χ0v) is 10.7. The molecule has 1 aromatic carbocycles.